The fraction of sp³-hybridized carbons (Fsp3) is 0. The molecule has 2 nitrogen and oxygen atoms in total. The molecule has 0 aliphatic carbocycles. The quantitative estimate of drug-likeness (QED) is 0.158. The van der Waals surface area contributed by atoms with E-state index < -0.39 is 0 Å². The molecule has 0 aliphatic rings. The van der Waals surface area contributed by atoms with Crippen LogP contribution in [0.15, 0.2) is 231 Å². The summed E-state index contributed by atoms with van der Waals surface area (Å²) in [6.07, 6.45) is 0. The van der Waals surface area contributed by atoms with Crippen molar-refractivity contribution in [3.05, 3.63) is 231 Å². The standard InChI is InChI=1S/C56H38N2/c1-3-17-40(18-4-1)49-25-11-12-26-50(49)41-31-33-46(34-32-41)57(48-35-30-39-16-7-8-19-42(39)36-48)47-24-15-21-44(37-47)55-51-27-10-9-20-43(51)38-54-56(55)52-28-13-14-29-53(52)58(54)45-22-5-2-6-23-45/h1-38H. The second kappa shape index (κ2) is 14.1. The minimum absolute atomic E-state index is 1.09. The molecule has 0 atom stereocenters. The molecule has 2 heteroatoms. The SMILES string of the molecule is c1ccc(-c2ccccc2-c2ccc(N(c3cccc(-c4c5ccccc5cc5c4c4ccccc4n5-c4ccccc4)c3)c3ccc4ccccc4c3)cc2)cc1. The Labute approximate surface area is 338 Å². The van der Waals surface area contributed by atoms with Gasteiger partial charge in [-0.3, -0.25) is 0 Å². The zero-order valence-corrected chi connectivity index (χ0v) is 31.8. The normalized spacial score (nSPS) is 11.4. The summed E-state index contributed by atoms with van der Waals surface area (Å²) in [4.78, 5) is 2.40. The summed E-state index contributed by atoms with van der Waals surface area (Å²) in [5.74, 6) is 0. The lowest BCUT2D eigenvalue weighted by Gasteiger charge is -2.27. The molecule has 1 aromatic heterocycles. The lowest BCUT2D eigenvalue weighted by atomic mass is 9.92. The third-order valence-corrected chi connectivity index (χ3v) is 11.5. The minimum Gasteiger partial charge on any atom is -0.310 e. The van der Waals surface area contributed by atoms with Crippen molar-refractivity contribution in [3.63, 3.8) is 0 Å². The maximum absolute atomic E-state index is 2.42. The average molecular weight is 739 g/mol. The van der Waals surface area contributed by atoms with Gasteiger partial charge >= 0.3 is 0 Å². The van der Waals surface area contributed by atoms with E-state index in [1.165, 1.54) is 76.7 Å². The van der Waals surface area contributed by atoms with Crippen molar-refractivity contribution in [3.8, 4) is 39.1 Å². The summed E-state index contributed by atoms with van der Waals surface area (Å²) < 4.78 is 2.42. The van der Waals surface area contributed by atoms with Gasteiger partial charge in [0.25, 0.3) is 0 Å². The summed E-state index contributed by atoms with van der Waals surface area (Å²) in [7, 11) is 0. The zero-order valence-electron chi connectivity index (χ0n) is 31.8. The molecule has 0 bridgehead atoms. The second-order valence-electron chi connectivity index (χ2n) is 14.9. The maximum Gasteiger partial charge on any atom is 0.0553 e. The summed E-state index contributed by atoms with van der Waals surface area (Å²) in [6.45, 7) is 0. The smallest absolute Gasteiger partial charge is 0.0553 e. The van der Waals surface area contributed by atoms with Gasteiger partial charge in [0.15, 0.2) is 0 Å². The molecule has 58 heavy (non-hydrogen) atoms. The predicted octanol–water partition coefficient (Wildman–Crippen LogP) is 15.6. The molecule has 0 aliphatic heterocycles. The number of nitrogens with zero attached hydrogens (tertiary/aromatic N) is 2. The molecule has 0 amide bonds. The molecule has 10 aromatic carbocycles. The maximum atomic E-state index is 2.42. The van der Waals surface area contributed by atoms with Crippen LogP contribution in [-0.4, -0.2) is 4.57 Å². The van der Waals surface area contributed by atoms with Crippen LogP contribution in [0.4, 0.5) is 17.1 Å². The van der Waals surface area contributed by atoms with Crippen molar-refractivity contribution in [1.29, 1.82) is 0 Å². The molecule has 0 spiro atoms. The first kappa shape index (κ1) is 33.6. The monoisotopic (exact) mass is 738 g/mol. The Morgan fingerprint density at radius 2 is 0.879 bits per heavy atom. The number of hydrogen-bond acceptors (Lipinski definition) is 1. The molecule has 1 heterocycles. The van der Waals surface area contributed by atoms with Gasteiger partial charge in [-0.2, -0.15) is 0 Å². The van der Waals surface area contributed by atoms with Crippen molar-refractivity contribution < 1.29 is 0 Å². The van der Waals surface area contributed by atoms with Crippen molar-refractivity contribution in [1.82, 2.24) is 4.57 Å². The molecule has 11 aromatic rings. The number of anilines is 3. The molecule has 0 fully saturated rings. The summed E-state index contributed by atoms with van der Waals surface area (Å²) >= 11 is 0. The van der Waals surface area contributed by atoms with Crippen LogP contribution in [0.1, 0.15) is 0 Å². The fourth-order valence-electron chi connectivity index (χ4n) is 8.90. The van der Waals surface area contributed by atoms with Gasteiger partial charge in [-0.15, -0.1) is 0 Å². The Bertz CT molecular complexity index is 3270. The Balaban J connectivity index is 1.12. The molecule has 0 unspecified atom stereocenters. The van der Waals surface area contributed by atoms with E-state index in [2.05, 4.69) is 240 Å². The summed E-state index contributed by atoms with van der Waals surface area (Å²) in [5.41, 5.74) is 14.1. The Morgan fingerprint density at radius 3 is 1.66 bits per heavy atom. The highest BCUT2D eigenvalue weighted by Gasteiger charge is 2.21. The first-order valence-electron chi connectivity index (χ1n) is 19.9. The van der Waals surface area contributed by atoms with Crippen LogP contribution in [0, 0.1) is 0 Å². The lowest BCUT2D eigenvalue weighted by molar-refractivity contribution is 1.18. The van der Waals surface area contributed by atoms with E-state index in [-0.39, 0.29) is 0 Å². The summed E-state index contributed by atoms with van der Waals surface area (Å²) in [6, 6.07) is 83.7. The Hall–Kier alpha value is -7.68. The van der Waals surface area contributed by atoms with Crippen LogP contribution >= 0.6 is 0 Å². The lowest BCUT2D eigenvalue weighted by Crippen LogP contribution is -2.10. The van der Waals surface area contributed by atoms with Crippen LogP contribution in [0.25, 0.3) is 82.4 Å². The number of para-hydroxylation sites is 2. The van der Waals surface area contributed by atoms with Crippen molar-refractivity contribution in [2.45, 2.75) is 0 Å². The minimum atomic E-state index is 1.09. The Morgan fingerprint density at radius 1 is 0.310 bits per heavy atom. The molecular formula is C56H38N2. The van der Waals surface area contributed by atoms with Gasteiger partial charge in [-0.1, -0.05) is 170 Å². The van der Waals surface area contributed by atoms with Gasteiger partial charge in [0.05, 0.1) is 11.0 Å². The van der Waals surface area contributed by atoms with E-state index in [0.717, 1.165) is 22.7 Å². The summed E-state index contributed by atoms with van der Waals surface area (Å²) in [5, 5.41) is 7.38. The van der Waals surface area contributed by atoms with Crippen molar-refractivity contribution in [2.24, 2.45) is 0 Å². The van der Waals surface area contributed by atoms with Crippen LogP contribution < -0.4 is 4.90 Å². The number of benzene rings is 10. The topological polar surface area (TPSA) is 8.17 Å². The van der Waals surface area contributed by atoms with E-state index in [4.69, 9.17) is 0 Å². The highest BCUT2D eigenvalue weighted by molar-refractivity contribution is 6.23. The second-order valence-corrected chi connectivity index (χ2v) is 14.9. The fourth-order valence-corrected chi connectivity index (χ4v) is 8.90. The van der Waals surface area contributed by atoms with Gasteiger partial charge in [-0.25, -0.2) is 0 Å². The third kappa shape index (κ3) is 5.74. The number of hydrogen-bond donors (Lipinski definition) is 0. The largest absolute Gasteiger partial charge is 0.310 e. The van der Waals surface area contributed by atoms with E-state index in [9.17, 15) is 0 Å². The number of fused-ring (bicyclic) bond motifs is 5. The van der Waals surface area contributed by atoms with Crippen molar-refractivity contribution in [2.75, 3.05) is 4.90 Å². The Kier molecular flexibility index (Phi) is 8.19. The van der Waals surface area contributed by atoms with Crippen molar-refractivity contribution >= 4 is 60.4 Å². The van der Waals surface area contributed by atoms with Crippen LogP contribution in [0.3, 0.4) is 0 Å². The van der Waals surface area contributed by atoms with E-state index in [0.29, 0.717) is 0 Å². The van der Waals surface area contributed by atoms with E-state index >= 15 is 0 Å². The van der Waals surface area contributed by atoms with Gasteiger partial charge in [-0.05, 0) is 116 Å². The van der Waals surface area contributed by atoms with Crippen LogP contribution in [-0.2, 0) is 0 Å². The van der Waals surface area contributed by atoms with Crippen LogP contribution in [0.5, 0.6) is 0 Å². The molecule has 272 valence electrons. The first-order chi connectivity index (χ1) is 28.8. The molecule has 0 N–H and O–H groups in total. The van der Waals surface area contributed by atoms with Gasteiger partial charge < -0.3 is 9.47 Å². The third-order valence-electron chi connectivity index (χ3n) is 11.5. The van der Waals surface area contributed by atoms with Gasteiger partial charge in [0.2, 0.25) is 0 Å². The first-order valence-corrected chi connectivity index (χ1v) is 19.9. The van der Waals surface area contributed by atoms with Gasteiger partial charge in [0.1, 0.15) is 0 Å². The molecule has 0 radical (unpaired) electrons. The van der Waals surface area contributed by atoms with E-state index in [1.807, 2.05) is 0 Å². The van der Waals surface area contributed by atoms with Crippen LogP contribution in [0.2, 0.25) is 0 Å². The highest BCUT2D eigenvalue weighted by Crippen LogP contribution is 2.45. The molecule has 11 rings (SSSR count). The zero-order chi connectivity index (χ0) is 38.4. The molecule has 0 saturated carbocycles. The average Bonchev–Trinajstić information content (AvgIpc) is 3.63. The molecule has 0 saturated heterocycles. The van der Waals surface area contributed by atoms with Gasteiger partial charge in [0, 0.05) is 33.5 Å². The van der Waals surface area contributed by atoms with E-state index in [1.54, 1.807) is 0 Å². The highest BCUT2D eigenvalue weighted by atomic mass is 15.1. The number of rotatable bonds is 7. The predicted molar refractivity (Wildman–Crippen MR) is 247 cm³/mol. The number of aromatic nitrogens is 1. The molecular weight excluding hydrogens is 701 g/mol.